The Morgan fingerprint density at radius 1 is 1.20 bits per heavy atom. The fourth-order valence-corrected chi connectivity index (χ4v) is 3.18. The van der Waals surface area contributed by atoms with Crippen molar-refractivity contribution in [2.24, 2.45) is 5.73 Å². The van der Waals surface area contributed by atoms with E-state index >= 15 is 0 Å². The number of fused-ring (bicyclic) bond motifs is 1. The van der Waals surface area contributed by atoms with Gasteiger partial charge in [0.2, 0.25) is 0 Å². The van der Waals surface area contributed by atoms with Crippen LogP contribution in [0.25, 0.3) is 11.3 Å². The molecule has 3 nitrogen and oxygen atoms in total. The summed E-state index contributed by atoms with van der Waals surface area (Å²) in [6, 6.07) is 7.17. The zero-order chi connectivity index (χ0) is 14.4. The van der Waals surface area contributed by atoms with Crippen LogP contribution in [0.1, 0.15) is 42.0 Å². The summed E-state index contributed by atoms with van der Waals surface area (Å²) in [5.41, 5.74) is 12.4. The average Bonchev–Trinajstić information content (AvgIpc) is 2.75. The molecule has 0 aliphatic carbocycles. The second-order valence-corrected chi connectivity index (χ2v) is 6.07. The van der Waals surface area contributed by atoms with Crippen LogP contribution < -0.4 is 5.73 Å². The highest BCUT2D eigenvalue weighted by Gasteiger charge is 2.27. The Labute approximate surface area is 120 Å². The molecule has 3 rings (SSSR count). The first-order chi connectivity index (χ1) is 9.49. The van der Waals surface area contributed by atoms with Crippen LogP contribution in [-0.2, 0) is 6.42 Å². The Hall–Kier alpha value is -1.61. The van der Waals surface area contributed by atoms with Gasteiger partial charge in [-0.2, -0.15) is 0 Å². The van der Waals surface area contributed by atoms with Crippen molar-refractivity contribution in [2.75, 3.05) is 0 Å². The molecule has 0 amide bonds. The zero-order valence-electron chi connectivity index (χ0n) is 12.8. The number of rotatable bonds is 1. The summed E-state index contributed by atoms with van der Waals surface area (Å²) >= 11 is 0. The van der Waals surface area contributed by atoms with Gasteiger partial charge in [0.1, 0.15) is 5.82 Å². The second-order valence-electron chi connectivity index (χ2n) is 6.07. The van der Waals surface area contributed by atoms with Crippen molar-refractivity contribution in [1.29, 1.82) is 0 Å². The minimum atomic E-state index is 0.239. The van der Waals surface area contributed by atoms with Crippen LogP contribution in [0.3, 0.4) is 0 Å². The van der Waals surface area contributed by atoms with Crippen LogP contribution in [0.15, 0.2) is 18.2 Å². The van der Waals surface area contributed by atoms with Gasteiger partial charge in [-0.05, 0) is 51.3 Å². The molecule has 2 aromatic rings. The topological polar surface area (TPSA) is 43.8 Å². The predicted octanol–water partition coefficient (Wildman–Crippen LogP) is 3.31. The summed E-state index contributed by atoms with van der Waals surface area (Å²) in [7, 11) is 0. The molecule has 0 bridgehead atoms. The Morgan fingerprint density at radius 2 is 1.95 bits per heavy atom. The minimum absolute atomic E-state index is 0.239. The first-order valence-corrected chi connectivity index (χ1v) is 7.40. The number of hydrogen-bond acceptors (Lipinski definition) is 2. The third-order valence-corrected chi connectivity index (χ3v) is 4.73. The van der Waals surface area contributed by atoms with Crippen molar-refractivity contribution in [3.63, 3.8) is 0 Å². The van der Waals surface area contributed by atoms with Crippen molar-refractivity contribution in [3.8, 4) is 11.3 Å². The van der Waals surface area contributed by atoms with Gasteiger partial charge in [-0.3, -0.25) is 0 Å². The van der Waals surface area contributed by atoms with E-state index in [-0.39, 0.29) is 6.04 Å². The maximum absolute atomic E-state index is 6.21. The van der Waals surface area contributed by atoms with Gasteiger partial charge in [-0.15, -0.1) is 0 Å². The number of aromatic nitrogens is 2. The van der Waals surface area contributed by atoms with E-state index in [1.54, 1.807) is 0 Å². The lowest BCUT2D eigenvalue weighted by Crippen LogP contribution is -2.36. The molecule has 2 N–H and O–H groups in total. The molecule has 0 saturated carbocycles. The molecule has 0 radical (unpaired) electrons. The van der Waals surface area contributed by atoms with Gasteiger partial charge < -0.3 is 10.3 Å². The first kappa shape index (κ1) is 13.4. The van der Waals surface area contributed by atoms with E-state index in [4.69, 9.17) is 10.7 Å². The van der Waals surface area contributed by atoms with E-state index < -0.39 is 0 Å². The second kappa shape index (κ2) is 4.74. The predicted molar refractivity (Wildman–Crippen MR) is 82.9 cm³/mol. The molecule has 2 unspecified atom stereocenters. The SMILES string of the molecule is Cc1ccc(-c2nc3n(c2C)C(C)C(N)CC3)cc1C. The lowest BCUT2D eigenvalue weighted by molar-refractivity contribution is 0.363. The number of benzene rings is 1. The van der Waals surface area contributed by atoms with Gasteiger partial charge in [0, 0.05) is 29.8 Å². The molecule has 2 heterocycles. The fourth-order valence-electron chi connectivity index (χ4n) is 3.18. The van der Waals surface area contributed by atoms with Crippen molar-refractivity contribution in [2.45, 2.75) is 52.6 Å². The van der Waals surface area contributed by atoms with Crippen molar-refractivity contribution in [1.82, 2.24) is 9.55 Å². The van der Waals surface area contributed by atoms with E-state index in [0.717, 1.165) is 18.5 Å². The van der Waals surface area contributed by atoms with Gasteiger partial charge in [0.25, 0.3) is 0 Å². The van der Waals surface area contributed by atoms with Gasteiger partial charge in [0.05, 0.1) is 5.69 Å². The Kier molecular flexibility index (Phi) is 3.17. The highest BCUT2D eigenvalue weighted by atomic mass is 15.1. The molecule has 0 saturated heterocycles. The summed E-state index contributed by atoms with van der Waals surface area (Å²) in [5, 5.41) is 0. The number of nitrogens with two attached hydrogens (primary N) is 1. The monoisotopic (exact) mass is 269 g/mol. The summed E-state index contributed by atoms with van der Waals surface area (Å²) in [4.78, 5) is 4.88. The molecule has 20 heavy (non-hydrogen) atoms. The van der Waals surface area contributed by atoms with E-state index in [0.29, 0.717) is 6.04 Å². The maximum Gasteiger partial charge on any atom is 0.109 e. The summed E-state index contributed by atoms with van der Waals surface area (Å²) in [5.74, 6) is 1.19. The third-order valence-electron chi connectivity index (χ3n) is 4.73. The molecule has 1 aromatic heterocycles. The Balaban J connectivity index is 2.12. The van der Waals surface area contributed by atoms with E-state index in [9.17, 15) is 0 Å². The van der Waals surface area contributed by atoms with Gasteiger partial charge in [-0.25, -0.2) is 4.98 Å². The lowest BCUT2D eigenvalue weighted by Gasteiger charge is -2.29. The standard InChI is InChI=1S/C17H23N3/c1-10-5-6-14(9-11(10)2)17-13(4)20-12(3)15(18)7-8-16(20)19-17/h5-6,9,12,15H,7-8,18H2,1-4H3. The zero-order valence-corrected chi connectivity index (χ0v) is 12.8. The van der Waals surface area contributed by atoms with Crippen molar-refractivity contribution in [3.05, 3.63) is 40.8 Å². The third kappa shape index (κ3) is 1.97. The molecule has 0 spiro atoms. The van der Waals surface area contributed by atoms with E-state index in [1.807, 2.05) is 0 Å². The Morgan fingerprint density at radius 3 is 2.65 bits per heavy atom. The first-order valence-electron chi connectivity index (χ1n) is 7.40. The number of imidazole rings is 1. The molecule has 2 atom stereocenters. The van der Waals surface area contributed by atoms with Crippen LogP contribution >= 0.6 is 0 Å². The molecule has 0 fully saturated rings. The van der Waals surface area contributed by atoms with Crippen LogP contribution in [0.5, 0.6) is 0 Å². The Bertz CT molecular complexity index is 654. The molecular weight excluding hydrogens is 246 g/mol. The minimum Gasteiger partial charge on any atom is -0.327 e. The molecular formula is C17H23N3. The molecule has 3 heteroatoms. The quantitative estimate of drug-likeness (QED) is 0.863. The summed E-state index contributed by atoms with van der Waals surface area (Å²) in [6.07, 6.45) is 2.02. The highest BCUT2D eigenvalue weighted by molar-refractivity contribution is 5.64. The van der Waals surface area contributed by atoms with Crippen LogP contribution in [-0.4, -0.2) is 15.6 Å². The fraction of sp³-hybridized carbons (Fsp3) is 0.471. The number of nitrogens with zero attached hydrogens (tertiary/aromatic N) is 2. The smallest absolute Gasteiger partial charge is 0.109 e. The lowest BCUT2D eigenvalue weighted by atomic mass is 10.00. The largest absolute Gasteiger partial charge is 0.327 e. The summed E-state index contributed by atoms with van der Waals surface area (Å²) in [6.45, 7) is 8.66. The molecule has 1 aromatic carbocycles. The van der Waals surface area contributed by atoms with E-state index in [2.05, 4.69) is 50.5 Å². The van der Waals surface area contributed by atoms with Gasteiger partial charge in [-0.1, -0.05) is 12.1 Å². The van der Waals surface area contributed by atoms with E-state index in [1.165, 1.54) is 28.2 Å². The van der Waals surface area contributed by atoms with Crippen LogP contribution in [0.4, 0.5) is 0 Å². The maximum atomic E-state index is 6.21. The van der Waals surface area contributed by atoms with Crippen molar-refractivity contribution >= 4 is 0 Å². The molecule has 1 aliphatic heterocycles. The molecule has 1 aliphatic rings. The van der Waals surface area contributed by atoms with Crippen molar-refractivity contribution < 1.29 is 0 Å². The van der Waals surface area contributed by atoms with Gasteiger partial charge >= 0.3 is 0 Å². The van der Waals surface area contributed by atoms with Gasteiger partial charge in [0.15, 0.2) is 0 Å². The number of aryl methyl sites for hydroxylation is 3. The highest BCUT2D eigenvalue weighted by Crippen LogP contribution is 2.32. The number of hydrogen-bond donors (Lipinski definition) is 1. The summed E-state index contributed by atoms with van der Waals surface area (Å²) < 4.78 is 2.33. The molecule has 106 valence electrons. The van der Waals surface area contributed by atoms with Crippen LogP contribution in [0, 0.1) is 20.8 Å². The van der Waals surface area contributed by atoms with Crippen LogP contribution in [0.2, 0.25) is 0 Å². The normalized spacial score (nSPS) is 21.9. The average molecular weight is 269 g/mol.